The van der Waals surface area contributed by atoms with Crippen LogP contribution in [0.5, 0.6) is 5.88 Å². The van der Waals surface area contributed by atoms with E-state index in [1.54, 1.807) is 0 Å². The van der Waals surface area contributed by atoms with Crippen LogP contribution in [0.4, 0.5) is 4.39 Å². The molecule has 0 saturated carbocycles. The van der Waals surface area contributed by atoms with Gasteiger partial charge in [0.2, 0.25) is 5.88 Å². The summed E-state index contributed by atoms with van der Waals surface area (Å²) in [6.45, 7) is -0.495. The molecule has 0 amide bonds. The van der Waals surface area contributed by atoms with Crippen molar-refractivity contribution in [1.82, 2.24) is 19.5 Å². The maximum absolute atomic E-state index is 14.0. The van der Waals surface area contributed by atoms with Crippen LogP contribution in [0.25, 0.3) is 11.2 Å². The molecule has 1 aliphatic rings. The fraction of sp³-hybridized carbons (Fsp3) is 0.500. The van der Waals surface area contributed by atoms with E-state index >= 15 is 0 Å². The van der Waals surface area contributed by atoms with E-state index in [-0.39, 0.29) is 17.0 Å². The SMILES string of the molecule is OCC1OC(n2cnc3c(O)ncnc32)[C@H](F)[C@@H]1O. The number of hydrogen-bond acceptors (Lipinski definition) is 7. The number of aliphatic hydroxyl groups excluding tert-OH is 2. The van der Waals surface area contributed by atoms with Crippen LogP contribution in [0.3, 0.4) is 0 Å². The Morgan fingerprint density at radius 3 is 2.84 bits per heavy atom. The number of fused-ring (bicyclic) bond motifs is 1. The van der Waals surface area contributed by atoms with Crippen LogP contribution in [0, 0.1) is 0 Å². The molecule has 4 atom stereocenters. The van der Waals surface area contributed by atoms with Crippen molar-refractivity contribution in [3.8, 4) is 5.88 Å². The maximum Gasteiger partial charge on any atom is 0.242 e. The third-order valence-electron chi connectivity index (χ3n) is 3.09. The van der Waals surface area contributed by atoms with Gasteiger partial charge in [-0.15, -0.1) is 0 Å². The van der Waals surface area contributed by atoms with Gasteiger partial charge in [-0.3, -0.25) is 4.57 Å². The molecule has 3 heterocycles. The predicted octanol–water partition coefficient (Wildman–Crippen LogP) is -0.879. The van der Waals surface area contributed by atoms with Crippen molar-refractivity contribution in [1.29, 1.82) is 0 Å². The molecule has 1 aliphatic heterocycles. The molecule has 0 aromatic carbocycles. The van der Waals surface area contributed by atoms with Gasteiger partial charge in [0, 0.05) is 0 Å². The van der Waals surface area contributed by atoms with Gasteiger partial charge in [0.05, 0.1) is 12.9 Å². The van der Waals surface area contributed by atoms with Gasteiger partial charge in [-0.2, -0.15) is 4.98 Å². The molecule has 9 heteroatoms. The molecule has 0 bridgehead atoms. The third-order valence-corrected chi connectivity index (χ3v) is 3.09. The molecule has 3 N–H and O–H groups in total. The quantitative estimate of drug-likeness (QED) is 0.649. The average molecular weight is 270 g/mol. The van der Waals surface area contributed by atoms with Crippen LogP contribution in [-0.2, 0) is 4.74 Å². The average Bonchev–Trinajstić information content (AvgIpc) is 2.94. The van der Waals surface area contributed by atoms with Crippen molar-refractivity contribution in [2.45, 2.75) is 24.6 Å². The Morgan fingerprint density at radius 2 is 2.16 bits per heavy atom. The number of aromatic nitrogens is 4. The van der Waals surface area contributed by atoms with Crippen molar-refractivity contribution in [3.63, 3.8) is 0 Å². The highest BCUT2D eigenvalue weighted by Crippen LogP contribution is 2.34. The Kier molecular flexibility index (Phi) is 2.81. The number of ether oxygens (including phenoxy) is 1. The van der Waals surface area contributed by atoms with Gasteiger partial charge >= 0.3 is 0 Å². The Bertz CT molecular complexity index is 606. The van der Waals surface area contributed by atoms with E-state index in [9.17, 15) is 14.6 Å². The van der Waals surface area contributed by atoms with E-state index < -0.39 is 31.2 Å². The Morgan fingerprint density at radius 1 is 1.37 bits per heavy atom. The Balaban J connectivity index is 2.04. The fourth-order valence-corrected chi connectivity index (χ4v) is 2.10. The summed E-state index contributed by atoms with van der Waals surface area (Å²) in [6.07, 6.45) is -2.98. The minimum Gasteiger partial charge on any atom is -0.492 e. The van der Waals surface area contributed by atoms with Crippen LogP contribution < -0.4 is 0 Å². The molecule has 2 aromatic heterocycles. The van der Waals surface area contributed by atoms with Gasteiger partial charge < -0.3 is 20.1 Å². The van der Waals surface area contributed by atoms with Crippen LogP contribution in [-0.4, -0.2) is 59.8 Å². The first-order valence-electron chi connectivity index (χ1n) is 5.58. The monoisotopic (exact) mass is 270 g/mol. The van der Waals surface area contributed by atoms with E-state index in [0.29, 0.717) is 0 Å². The van der Waals surface area contributed by atoms with Crippen LogP contribution in [0.1, 0.15) is 6.23 Å². The standard InChI is InChI=1S/C10H11FN4O4/c11-5-7(17)4(1-16)19-10(5)15-3-14-6-8(15)12-2-13-9(6)18/h2-5,7,10,16-17H,1H2,(H,12,13,18)/t4?,5-,7-,10?/m1/s1. The lowest BCUT2D eigenvalue weighted by Gasteiger charge is -2.14. The summed E-state index contributed by atoms with van der Waals surface area (Å²) in [5.74, 6) is -0.323. The summed E-state index contributed by atoms with van der Waals surface area (Å²) in [5, 5.41) is 28.1. The normalized spacial score (nSPS) is 31.1. The smallest absolute Gasteiger partial charge is 0.242 e. The highest BCUT2D eigenvalue weighted by molar-refractivity contribution is 5.75. The first-order valence-corrected chi connectivity index (χ1v) is 5.58. The first kappa shape index (κ1) is 12.2. The third kappa shape index (κ3) is 1.74. The lowest BCUT2D eigenvalue weighted by atomic mass is 10.1. The largest absolute Gasteiger partial charge is 0.492 e. The number of hydrogen-bond donors (Lipinski definition) is 3. The number of alkyl halides is 1. The van der Waals surface area contributed by atoms with E-state index in [2.05, 4.69) is 15.0 Å². The maximum atomic E-state index is 14.0. The van der Waals surface area contributed by atoms with E-state index in [1.165, 1.54) is 10.9 Å². The van der Waals surface area contributed by atoms with Crippen molar-refractivity contribution in [2.24, 2.45) is 0 Å². The first-order chi connectivity index (χ1) is 9.13. The minimum absolute atomic E-state index is 0.111. The molecular formula is C10H11FN4O4. The molecule has 0 radical (unpaired) electrons. The predicted molar refractivity (Wildman–Crippen MR) is 58.9 cm³/mol. The van der Waals surface area contributed by atoms with Crippen molar-refractivity contribution in [3.05, 3.63) is 12.7 Å². The number of aromatic hydroxyl groups is 1. The summed E-state index contributed by atoms with van der Waals surface area (Å²) in [7, 11) is 0. The minimum atomic E-state index is -1.73. The number of nitrogens with zero attached hydrogens (tertiary/aromatic N) is 4. The topological polar surface area (TPSA) is 114 Å². The zero-order valence-corrected chi connectivity index (χ0v) is 9.59. The van der Waals surface area contributed by atoms with E-state index in [0.717, 1.165) is 6.33 Å². The highest BCUT2D eigenvalue weighted by atomic mass is 19.1. The zero-order chi connectivity index (χ0) is 13.6. The molecule has 1 fully saturated rings. The molecule has 0 aliphatic carbocycles. The Labute approximate surface area is 106 Å². The summed E-state index contributed by atoms with van der Waals surface area (Å²) in [6, 6.07) is 0. The van der Waals surface area contributed by atoms with Gasteiger partial charge in [-0.1, -0.05) is 0 Å². The van der Waals surface area contributed by atoms with Gasteiger partial charge in [-0.05, 0) is 0 Å². The number of halogens is 1. The lowest BCUT2D eigenvalue weighted by molar-refractivity contribution is -0.0459. The molecule has 102 valence electrons. The Hall–Kier alpha value is -1.84. The van der Waals surface area contributed by atoms with E-state index in [4.69, 9.17) is 9.84 Å². The molecule has 1 saturated heterocycles. The van der Waals surface area contributed by atoms with Gasteiger partial charge in [0.15, 0.2) is 23.6 Å². The number of rotatable bonds is 2. The van der Waals surface area contributed by atoms with Crippen molar-refractivity contribution < 1.29 is 24.4 Å². The van der Waals surface area contributed by atoms with E-state index in [1.807, 2.05) is 0 Å². The highest BCUT2D eigenvalue weighted by Gasteiger charge is 2.45. The second kappa shape index (κ2) is 4.37. The number of aliphatic hydroxyl groups is 2. The van der Waals surface area contributed by atoms with Crippen LogP contribution >= 0.6 is 0 Å². The number of imidazole rings is 1. The van der Waals surface area contributed by atoms with Crippen molar-refractivity contribution >= 4 is 11.2 Å². The summed E-state index contributed by atoms with van der Waals surface area (Å²) in [4.78, 5) is 11.3. The molecule has 8 nitrogen and oxygen atoms in total. The van der Waals surface area contributed by atoms with Crippen LogP contribution in [0.15, 0.2) is 12.7 Å². The molecule has 19 heavy (non-hydrogen) atoms. The molecule has 3 rings (SSSR count). The lowest BCUT2D eigenvalue weighted by Crippen LogP contribution is -2.30. The molecule has 0 spiro atoms. The second-order valence-electron chi connectivity index (χ2n) is 4.20. The molecule has 2 unspecified atom stereocenters. The molecule has 2 aromatic rings. The van der Waals surface area contributed by atoms with Gasteiger partial charge in [0.1, 0.15) is 18.5 Å². The summed E-state index contributed by atoms with van der Waals surface area (Å²) < 4.78 is 20.5. The summed E-state index contributed by atoms with van der Waals surface area (Å²) in [5.41, 5.74) is 0.297. The van der Waals surface area contributed by atoms with Crippen LogP contribution in [0.2, 0.25) is 0 Å². The zero-order valence-electron chi connectivity index (χ0n) is 9.59. The van der Waals surface area contributed by atoms with Crippen molar-refractivity contribution in [2.75, 3.05) is 6.61 Å². The van der Waals surface area contributed by atoms with Gasteiger partial charge in [0.25, 0.3) is 0 Å². The summed E-state index contributed by atoms with van der Waals surface area (Å²) >= 11 is 0. The second-order valence-corrected chi connectivity index (χ2v) is 4.20. The fourth-order valence-electron chi connectivity index (χ4n) is 2.10. The molecular weight excluding hydrogens is 259 g/mol. The van der Waals surface area contributed by atoms with Gasteiger partial charge in [-0.25, -0.2) is 14.4 Å².